The lowest BCUT2D eigenvalue weighted by molar-refractivity contribution is -0.116. The number of aromatic nitrogens is 1. The molecule has 4 rings (SSSR count). The van der Waals surface area contributed by atoms with Crippen molar-refractivity contribution in [3.05, 3.63) is 70.6 Å². The van der Waals surface area contributed by atoms with Gasteiger partial charge in [0.2, 0.25) is 5.91 Å². The molecule has 1 aromatic heterocycles. The SMILES string of the molecule is O=C1CC(c2cccc(F)c2)c2snc(-c3cccc(F)c3)c2N1. The van der Waals surface area contributed by atoms with E-state index in [0.29, 0.717) is 16.9 Å². The fourth-order valence-electron chi connectivity index (χ4n) is 2.96. The quantitative estimate of drug-likeness (QED) is 0.742. The van der Waals surface area contributed by atoms with E-state index in [-0.39, 0.29) is 29.9 Å². The third-order valence-electron chi connectivity index (χ3n) is 4.04. The number of rotatable bonds is 2. The first-order valence-corrected chi connectivity index (χ1v) is 8.20. The van der Waals surface area contributed by atoms with Crippen molar-refractivity contribution in [2.45, 2.75) is 12.3 Å². The molecule has 2 aromatic carbocycles. The molecule has 1 N–H and O–H groups in total. The minimum absolute atomic E-state index is 0.158. The van der Waals surface area contributed by atoms with Gasteiger partial charge in [0.1, 0.15) is 17.3 Å². The number of anilines is 1. The molecule has 1 aliphatic heterocycles. The normalized spacial score (nSPS) is 16.6. The van der Waals surface area contributed by atoms with Gasteiger partial charge in [0.05, 0.1) is 10.6 Å². The lowest BCUT2D eigenvalue weighted by Gasteiger charge is -2.23. The predicted molar refractivity (Wildman–Crippen MR) is 89.0 cm³/mol. The summed E-state index contributed by atoms with van der Waals surface area (Å²) in [6, 6.07) is 12.3. The van der Waals surface area contributed by atoms with Crippen molar-refractivity contribution in [2.24, 2.45) is 0 Å². The molecule has 24 heavy (non-hydrogen) atoms. The van der Waals surface area contributed by atoms with Crippen LogP contribution in [0.15, 0.2) is 48.5 Å². The van der Waals surface area contributed by atoms with Crippen molar-refractivity contribution < 1.29 is 13.6 Å². The van der Waals surface area contributed by atoms with Crippen LogP contribution in [0.1, 0.15) is 22.8 Å². The second-order valence-corrected chi connectivity index (χ2v) is 6.45. The van der Waals surface area contributed by atoms with Crippen LogP contribution >= 0.6 is 11.5 Å². The van der Waals surface area contributed by atoms with Crippen molar-refractivity contribution in [3.63, 3.8) is 0 Å². The largest absolute Gasteiger partial charge is 0.323 e. The van der Waals surface area contributed by atoms with Crippen LogP contribution in [-0.2, 0) is 4.79 Å². The van der Waals surface area contributed by atoms with Crippen molar-refractivity contribution in [3.8, 4) is 11.3 Å². The Morgan fingerprint density at radius 1 is 1.08 bits per heavy atom. The Morgan fingerprint density at radius 2 is 1.83 bits per heavy atom. The lowest BCUT2D eigenvalue weighted by atomic mass is 9.89. The average molecular weight is 342 g/mol. The van der Waals surface area contributed by atoms with Gasteiger partial charge in [-0.05, 0) is 41.4 Å². The summed E-state index contributed by atoms with van der Waals surface area (Å²) < 4.78 is 31.5. The summed E-state index contributed by atoms with van der Waals surface area (Å²) in [5.74, 6) is -1.10. The van der Waals surface area contributed by atoms with E-state index in [1.165, 1.54) is 35.8 Å². The van der Waals surface area contributed by atoms with Crippen LogP contribution < -0.4 is 5.32 Å². The van der Waals surface area contributed by atoms with E-state index in [1.54, 1.807) is 24.3 Å². The first kappa shape index (κ1) is 15.0. The van der Waals surface area contributed by atoms with Gasteiger partial charge in [-0.3, -0.25) is 4.79 Å². The van der Waals surface area contributed by atoms with Gasteiger partial charge in [0, 0.05) is 17.9 Å². The molecule has 2 heterocycles. The molecule has 3 aromatic rings. The molecule has 0 fully saturated rings. The molecule has 1 atom stereocenters. The molecule has 0 saturated carbocycles. The predicted octanol–water partition coefficient (Wildman–Crippen LogP) is 4.56. The van der Waals surface area contributed by atoms with Gasteiger partial charge in [0.25, 0.3) is 0 Å². The van der Waals surface area contributed by atoms with E-state index in [0.717, 1.165) is 10.4 Å². The Balaban J connectivity index is 1.83. The van der Waals surface area contributed by atoms with E-state index in [1.807, 2.05) is 0 Å². The van der Waals surface area contributed by atoms with Crippen LogP contribution in [-0.4, -0.2) is 10.3 Å². The van der Waals surface area contributed by atoms with Crippen molar-refractivity contribution in [1.82, 2.24) is 4.37 Å². The summed E-state index contributed by atoms with van der Waals surface area (Å²) in [4.78, 5) is 13.0. The number of nitrogens with one attached hydrogen (secondary N) is 1. The maximum atomic E-state index is 13.6. The lowest BCUT2D eigenvalue weighted by Crippen LogP contribution is -2.22. The second-order valence-electron chi connectivity index (χ2n) is 5.64. The number of hydrogen-bond donors (Lipinski definition) is 1. The molecular formula is C18H12F2N2OS. The van der Waals surface area contributed by atoms with E-state index in [2.05, 4.69) is 9.69 Å². The smallest absolute Gasteiger partial charge is 0.225 e. The molecule has 6 heteroatoms. The van der Waals surface area contributed by atoms with Crippen molar-refractivity contribution in [2.75, 3.05) is 5.32 Å². The zero-order chi connectivity index (χ0) is 16.7. The summed E-state index contributed by atoms with van der Waals surface area (Å²) >= 11 is 1.25. The van der Waals surface area contributed by atoms with Crippen molar-refractivity contribution in [1.29, 1.82) is 0 Å². The Kier molecular flexibility index (Phi) is 3.61. The molecular weight excluding hydrogens is 330 g/mol. The second kappa shape index (κ2) is 5.79. The number of benzene rings is 2. The van der Waals surface area contributed by atoms with Gasteiger partial charge >= 0.3 is 0 Å². The standard InChI is InChI=1S/C18H12F2N2OS/c19-12-5-1-3-10(7-12)14-9-15(23)21-17-16(22-24-18(14)17)11-4-2-6-13(20)8-11/h1-8,14H,9H2,(H,21,23). The maximum absolute atomic E-state index is 13.6. The molecule has 1 unspecified atom stereocenters. The van der Waals surface area contributed by atoms with E-state index < -0.39 is 0 Å². The Morgan fingerprint density at radius 3 is 2.58 bits per heavy atom. The average Bonchev–Trinajstić information content (AvgIpc) is 2.97. The van der Waals surface area contributed by atoms with Gasteiger partial charge in [-0.2, -0.15) is 4.37 Å². The minimum Gasteiger partial charge on any atom is -0.323 e. The number of nitrogens with zero attached hydrogens (tertiary/aromatic N) is 1. The maximum Gasteiger partial charge on any atom is 0.225 e. The zero-order valence-electron chi connectivity index (χ0n) is 12.4. The highest BCUT2D eigenvalue weighted by Crippen LogP contribution is 2.44. The number of hydrogen-bond acceptors (Lipinski definition) is 3. The van der Waals surface area contributed by atoms with Crippen LogP contribution in [0, 0.1) is 11.6 Å². The molecule has 0 saturated heterocycles. The van der Waals surface area contributed by atoms with Gasteiger partial charge in [-0.25, -0.2) is 8.78 Å². The van der Waals surface area contributed by atoms with Gasteiger partial charge < -0.3 is 5.32 Å². The number of amides is 1. The molecule has 0 spiro atoms. The number of carbonyl (C=O) groups excluding carboxylic acids is 1. The highest BCUT2D eigenvalue weighted by molar-refractivity contribution is 7.07. The third-order valence-corrected chi connectivity index (χ3v) is 5.00. The van der Waals surface area contributed by atoms with Crippen LogP contribution in [0.2, 0.25) is 0 Å². The molecule has 3 nitrogen and oxygen atoms in total. The van der Waals surface area contributed by atoms with Gasteiger partial charge in [0.15, 0.2) is 0 Å². The monoisotopic (exact) mass is 342 g/mol. The highest BCUT2D eigenvalue weighted by Gasteiger charge is 2.31. The Bertz CT molecular complexity index is 938. The van der Waals surface area contributed by atoms with E-state index >= 15 is 0 Å². The van der Waals surface area contributed by atoms with Crippen LogP contribution in [0.5, 0.6) is 0 Å². The number of fused-ring (bicyclic) bond motifs is 1. The fraction of sp³-hybridized carbons (Fsp3) is 0.111. The topological polar surface area (TPSA) is 42.0 Å². The fourth-order valence-corrected chi connectivity index (χ4v) is 3.93. The molecule has 0 bridgehead atoms. The van der Waals surface area contributed by atoms with Crippen LogP contribution in [0.25, 0.3) is 11.3 Å². The Labute approximate surface area is 141 Å². The van der Waals surface area contributed by atoms with E-state index in [9.17, 15) is 13.6 Å². The zero-order valence-corrected chi connectivity index (χ0v) is 13.2. The number of carbonyl (C=O) groups is 1. The first-order valence-electron chi connectivity index (χ1n) is 7.42. The summed E-state index contributed by atoms with van der Waals surface area (Å²) in [7, 11) is 0. The Hall–Kier alpha value is -2.60. The summed E-state index contributed by atoms with van der Waals surface area (Å²) in [5, 5.41) is 2.83. The minimum atomic E-state index is -0.363. The summed E-state index contributed by atoms with van der Waals surface area (Å²) in [5.41, 5.74) is 2.48. The van der Waals surface area contributed by atoms with Crippen LogP contribution in [0.4, 0.5) is 14.5 Å². The molecule has 0 radical (unpaired) electrons. The van der Waals surface area contributed by atoms with Gasteiger partial charge in [-0.1, -0.05) is 24.3 Å². The number of halogens is 2. The molecule has 1 amide bonds. The molecule has 1 aliphatic rings. The molecule has 120 valence electrons. The summed E-state index contributed by atoms with van der Waals surface area (Å²) in [6.07, 6.45) is 0.237. The molecule has 0 aliphatic carbocycles. The van der Waals surface area contributed by atoms with Crippen LogP contribution in [0.3, 0.4) is 0 Å². The van der Waals surface area contributed by atoms with E-state index in [4.69, 9.17) is 0 Å². The van der Waals surface area contributed by atoms with Crippen molar-refractivity contribution >= 4 is 23.1 Å². The highest BCUT2D eigenvalue weighted by atomic mass is 32.1. The van der Waals surface area contributed by atoms with Gasteiger partial charge in [-0.15, -0.1) is 0 Å². The summed E-state index contributed by atoms with van der Waals surface area (Å²) in [6.45, 7) is 0. The third kappa shape index (κ3) is 2.59. The first-order chi connectivity index (χ1) is 11.6.